The Morgan fingerprint density at radius 2 is 1.86 bits per heavy atom. The van der Waals surface area contributed by atoms with E-state index in [4.69, 9.17) is 20.4 Å². The minimum atomic E-state index is -4.56. The van der Waals surface area contributed by atoms with Gasteiger partial charge in [0.15, 0.2) is 0 Å². The number of hydrogen-bond donors (Lipinski definition) is 2. The largest absolute Gasteiger partial charge is 0.493 e. The van der Waals surface area contributed by atoms with Crippen LogP contribution in [0.15, 0.2) is 35.7 Å². The smallest absolute Gasteiger partial charge is 0.419 e. The van der Waals surface area contributed by atoms with Crippen molar-refractivity contribution >= 4 is 5.71 Å². The Kier molecular flexibility index (Phi) is 10.8. The molecule has 0 radical (unpaired) electrons. The van der Waals surface area contributed by atoms with Crippen molar-refractivity contribution in [3.63, 3.8) is 0 Å². The summed E-state index contributed by atoms with van der Waals surface area (Å²) in [5, 5.41) is 12.7. The van der Waals surface area contributed by atoms with E-state index in [1.54, 1.807) is 0 Å². The minimum absolute atomic E-state index is 0.0155. The quantitative estimate of drug-likeness (QED) is 0.205. The maximum atomic E-state index is 13.5. The lowest BCUT2D eigenvalue weighted by Crippen LogP contribution is -2.27. The van der Waals surface area contributed by atoms with Crippen molar-refractivity contribution in [1.82, 2.24) is 0 Å². The zero-order chi connectivity index (χ0) is 21.9. The summed E-state index contributed by atoms with van der Waals surface area (Å²) in [4.78, 5) is 4.98. The van der Waals surface area contributed by atoms with E-state index in [9.17, 15) is 13.2 Å². The van der Waals surface area contributed by atoms with Gasteiger partial charge in [-0.1, -0.05) is 50.8 Å². The first-order valence-corrected chi connectivity index (χ1v) is 9.82. The Morgan fingerprint density at radius 1 is 1.21 bits per heavy atom. The van der Waals surface area contributed by atoms with Gasteiger partial charge in [0.2, 0.25) is 0 Å². The van der Waals surface area contributed by atoms with E-state index >= 15 is 0 Å². The molecule has 5 nitrogen and oxygen atoms in total. The van der Waals surface area contributed by atoms with Crippen LogP contribution in [0.1, 0.15) is 63.5 Å². The van der Waals surface area contributed by atoms with Crippen LogP contribution in [0.5, 0.6) is 5.75 Å². The number of oxime groups is 1. The van der Waals surface area contributed by atoms with Gasteiger partial charge in [-0.15, -0.1) is 0 Å². The van der Waals surface area contributed by atoms with E-state index in [2.05, 4.69) is 18.7 Å². The third kappa shape index (κ3) is 8.87. The molecular formula is C21H31F3N2O3. The predicted molar refractivity (Wildman–Crippen MR) is 108 cm³/mol. The van der Waals surface area contributed by atoms with Gasteiger partial charge in [-0.2, -0.15) is 13.2 Å². The molecule has 164 valence electrons. The van der Waals surface area contributed by atoms with Crippen LogP contribution in [0.3, 0.4) is 0 Å². The van der Waals surface area contributed by atoms with Crippen molar-refractivity contribution in [2.45, 2.75) is 64.6 Å². The number of aliphatic hydroxyl groups is 1. The van der Waals surface area contributed by atoms with Crippen LogP contribution in [0.25, 0.3) is 0 Å². The number of alkyl halides is 3. The molecule has 0 saturated carbocycles. The highest BCUT2D eigenvalue weighted by Gasteiger charge is 2.35. The average molecular weight is 416 g/mol. The molecule has 3 N–H and O–H groups in total. The lowest BCUT2D eigenvalue weighted by Gasteiger charge is -2.15. The first-order chi connectivity index (χ1) is 13.7. The van der Waals surface area contributed by atoms with Gasteiger partial charge in [0, 0.05) is 0 Å². The second-order valence-corrected chi connectivity index (χ2v) is 6.85. The average Bonchev–Trinajstić information content (AvgIpc) is 2.69. The third-order valence-electron chi connectivity index (χ3n) is 4.37. The highest BCUT2D eigenvalue weighted by Crippen LogP contribution is 2.37. The van der Waals surface area contributed by atoms with Crippen LogP contribution in [-0.2, 0) is 11.0 Å². The zero-order valence-corrected chi connectivity index (χ0v) is 17.1. The molecule has 0 bridgehead atoms. The van der Waals surface area contributed by atoms with Gasteiger partial charge in [0.05, 0.1) is 30.5 Å². The molecule has 1 rings (SSSR count). The van der Waals surface area contributed by atoms with Crippen molar-refractivity contribution in [3.8, 4) is 5.75 Å². The SMILES string of the molecule is C=C(O/N=C(\C)c1ccc(OCCCCCCCC)c(C(F)(F)F)c1)C(N)CO. The van der Waals surface area contributed by atoms with E-state index in [1.807, 2.05) is 0 Å². The number of hydrogen-bond acceptors (Lipinski definition) is 5. The molecule has 0 aliphatic heterocycles. The highest BCUT2D eigenvalue weighted by atomic mass is 19.4. The fraction of sp³-hybridized carbons (Fsp3) is 0.571. The molecule has 1 unspecified atom stereocenters. The van der Waals surface area contributed by atoms with Crippen molar-refractivity contribution < 1.29 is 27.9 Å². The summed E-state index contributed by atoms with van der Waals surface area (Å²) in [5.74, 6) is -0.183. The fourth-order valence-electron chi connectivity index (χ4n) is 2.52. The number of unbranched alkanes of at least 4 members (excludes halogenated alkanes) is 5. The van der Waals surface area contributed by atoms with E-state index in [1.165, 1.54) is 25.5 Å². The van der Waals surface area contributed by atoms with Crippen LogP contribution < -0.4 is 10.5 Å². The predicted octanol–water partition coefficient (Wildman–Crippen LogP) is 5.02. The second-order valence-electron chi connectivity index (χ2n) is 6.85. The summed E-state index contributed by atoms with van der Waals surface area (Å²) in [5.41, 5.74) is 5.11. The number of ether oxygens (including phenoxy) is 1. The lowest BCUT2D eigenvalue weighted by molar-refractivity contribution is -0.139. The normalized spacial score (nSPS) is 13.3. The summed E-state index contributed by atoms with van der Waals surface area (Å²) in [6.45, 7) is 7.01. The minimum Gasteiger partial charge on any atom is -0.493 e. The molecule has 0 aliphatic carbocycles. The first kappa shape index (κ1) is 25.0. The van der Waals surface area contributed by atoms with Crippen LogP contribution in [0.2, 0.25) is 0 Å². The molecule has 1 aromatic carbocycles. The number of rotatable bonds is 13. The highest BCUT2D eigenvalue weighted by molar-refractivity contribution is 5.98. The van der Waals surface area contributed by atoms with Gasteiger partial charge in [-0.25, -0.2) is 0 Å². The van der Waals surface area contributed by atoms with E-state index < -0.39 is 17.8 Å². The summed E-state index contributed by atoms with van der Waals surface area (Å²) >= 11 is 0. The Hall–Kier alpha value is -2.06. The number of halogens is 3. The molecule has 0 aliphatic rings. The molecule has 8 heteroatoms. The second kappa shape index (κ2) is 12.5. The zero-order valence-electron chi connectivity index (χ0n) is 17.1. The van der Waals surface area contributed by atoms with Crippen molar-refractivity contribution in [2.24, 2.45) is 10.9 Å². The van der Waals surface area contributed by atoms with Crippen LogP contribution in [0, 0.1) is 0 Å². The van der Waals surface area contributed by atoms with Crippen LogP contribution >= 0.6 is 0 Å². The van der Waals surface area contributed by atoms with Gasteiger partial charge in [-0.3, -0.25) is 0 Å². The Balaban J connectivity index is 2.80. The first-order valence-electron chi connectivity index (χ1n) is 9.82. The van der Waals surface area contributed by atoms with Gasteiger partial charge in [0.1, 0.15) is 11.5 Å². The van der Waals surface area contributed by atoms with Gasteiger partial charge < -0.3 is 20.4 Å². The lowest BCUT2D eigenvalue weighted by atomic mass is 10.1. The van der Waals surface area contributed by atoms with Crippen LogP contribution in [-0.4, -0.2) is 30.1 Å². The van der Waals surface area contributed by atoms with Crippen molar-refractivity contribution in [1.29, 1.82) is 0 Å². The van der Waals surface area contributed by atoms with Gasteiger partial charge in [0.25, 0.3) is 0 Å². The van der Waals surface area contributed by atoms with E-state index in [-0.39, 0.29) is 36.0 Å². The Labute approximate surface area is 170 Å². The maximum absolute atomic E-state index is 13.5. The Morgan fingerprint density at radius 3 is 2.48 bits per heavy atom. The number of benzene rings is 1. The molecule has 0 fully saturated rings. The van der Waals surface area contributed by atoms with E-state index in [0.717, 1.165) is 31.7 Å². The molecular weight excluding hydrogens is 385 g/mol. The maximum Gasteiger partial charge on any atom is 0.419 e. The standard InChI is InChI=1S/C21H31F3N2O3/c1-4-5-6-7-8-9-12-28-20-11-10-17(13-18(20)21(22,23)24)15(2)26-29-16(3)19(25)14-27/h10-11,13,19,27H,3-9,12,14,25H2,1-2H3/b26-15+. The van der Waals surface area contributed by atoms with Crippen LogP contribution in [0.4, 0.5) is 13.2 Å². The number of nitrogens with zero attached hydrogens (tertiary/aromatic N) is 1. The molecule has 29 heavy (non-hydrogen) atoms. The third-order valence-corrected chi connectivity index (χ3v) is 4.37. The molecule has 1 atom stereocenters. The van der Waals surface area contributed by atoms with Crippen molar-refractivity contribution in [2.75, 3.05) is 13.2 Å². The summed E-state index contributed by atoms with van der Waals surface area (Å²) in [6.07, 6.45) is 1.60. The van der Waals surface area contributed by atoms with Crippen molar-refractivity contribution in [3.05, 3.63) is 41.7 Å². The topological polar surface area (TPSA) is 77.1 Å². The number of nitrogens with two attached hydrogens (primary N) is 1. The van der Waals surface area contributed by atoms with Gasteiger partial charge in [-0.05, 0) is 37.1 Å². The molecule has 0 saturated heterocycles. The molecule has 0 aromatic heterocycles. The molecule has 0 amide bonds. The molecule has 1 aromatic rings. The summed E-state index contributed by atoms with van der Waals surface area (Å²) < 4.78 is 45.8. The molecule has 0 heterocycles. The number of aliphatic hydroxyl groups excluding tert-OH is 1. The summed E-state index contributed by atoms with van der Waals surface area (Å²) in [6, 6.07) is 2.94. The Bertz CT molecular complexity index is 676. The molecule has 0 spiro atoms. The van der Waals surface area contributed by atoms with E-state index in [0.29, 0.717) is 6.42 Å². The fourth-order valence-corrected chi connectivity index (χ4v) is 2.52. The monoisotopic (exact) mass is 416 g/mol. The van der Waals surface area contributed by atoms with Gasteiger partial charge >= 0.3 is 6.18 Å². The summed E-state index contributed by atoms with van der Waals surface area (Å²) in [7, 11) is 0.